The lowest BCUT2D eigenvalue weighted by Gasteiger charge is -2.25. The quantitative estimate of drug-likeness (QED) is 0.673. The van der Waals surface area contributed by atoms with Crippen LogP contribution in [-0.2, 0) is 4.79 Å². The van der Waals surface area contributed by atoms with Gasteiger partial charge in [-0.15, -0.1) is 0 Å². The summed E-state index contributed by atoms with van der Waals surface area (Å²) in [7, 11) is 0. The van der Waals surface area contributed by atoms with Gasteiger partial charge in [-0.2, -0.15) is 0 Å². The van der Waals surface area contributed by atoms with Crippen LogP contribution in [0.25, 0.3) is 0 Å². The van der Waals surface area contributed by atoms with E-state index in [4.69, 9.17) is 5.73 Å². The first-order chi connectivity index (χ1) is 9.06. The number of nitrogens with one attached hydrogen (secondary N) is 1. The van der Waals surface area contributed by atoms with Crippen molar-refractivity contribution in [1.29, 1.82) is 0 Å². The lowest BCUT2D eigenvalue weighted by Crippen LogP contribution is -2.37. The standard InChI is InChI=1S/C13H13BrN4O/c1-9(19)17-18(12-2-4-16-5-3-12)13-7-10(14)6-11(15)8-13/h2-8H,15H2,1H3,(H,17,19). The van der Waals surface area contributed by atoms with Crippen LogP contribution < -0.4 is 16.2 Å². The molecule has 0 spiro atoms. The molecule has 2 aromatic rings. The summed E-state index contributed by atoms with van der Waals surface area (Å²) in [5.74, 6) is -0.171. The maximum atomic E-state index is 11.4. The summed E-state index contributed by atoms with van der Waals surface area (Å²) in [6, 6.07) is 9.04. The smallest absolute Gasteiger partial charge is 0.235 e. The molecule has 1 heterocycles. The molecule has 0 radical (unpaired) electrons. The van der Waals surface area contributed by atoms with Crippen LogP contribution in [0.1, 0.15) is 6.92 Å². The van der Waals surface area contributed by atoms with Crippen molar-refractivity contribution in [1.82, 2.24) is 10.4 Å². The molecule has 0 aliphatic carbocycles. The van der Waals surface area contributed by atoms with E-state index in [-0.39, 0.29) is 5.91 Å². The van der Waals surface area contributed by atoms with Gasteiger partial charge in [0, 0.05) is 29.5 Å². The molecule has 1 aromatic carbocycles. The van der Waals surface area contributed by atoms with Crippen molar-refractivity contribution in [2.75, 3.05) is 10.7 Å². The van der Waals surface area contributed by atoms with Gasteiger partial charge in [-0.1, -0.05) is 15.9 Å². The normalized spacial score (nSPS) is 10.0. The van der Waals surface area contributed by atoms with Crippen molar-refractivity contribution in [3.05, 3.63) is 47.2 Å². The Bertz CT molecular complexity index is 568. The first-order valence-corrected chi connectivity index (χ1v) is 6.39. The fourth-order valence-corrected chi connectivity index (χ4v) is 2.15. The number of nitrogen functional groups attached to an aromatic ring is 1. The molecule has 1 aromatic heterocycles. The molecule has 19 heavy (non-hydrogen) atoms. The number of aromatic nitrogens is 1. The first-order valence-electron chi connectivity index (χ1n) is 5.60. The third-order valence-corrected chi connectivity index (χ3v) is 2.81. The zero-order valence-corrected chi connectivity index (χ0v) is 11.9. The molecule has 98 valence electrons. The SMILES string of the molecule is CC(=O)NN(c1ccncc1)c1cc(N)cc(Br)c1. The van der Waals surface area contributed by atoms with Crippen LogP contribution in [-0.4, -0.2) is 10.9 Å². The molecule has 0 atom stereocenters. The minimum Gasteiger partial charge on any atom is -0.399 e. The van der Waals surface area contributed by atoms with Crippen LogP contribution in [0, 0.1) is 0 Å². The molecule has 0 aliphatic heterocycles. The highest BCUT2D eigenvalue weighted by Gasteiger charge is 2.11. The van der Waals surface area contributed by atoms with Crippen LogP contribution in [0.15, 0.2) is 47.2 Å². The number of hydrazine groups is 1. The van der Waals surface area contributed by atoms with Crippen molar-refractivity contribution in [2.45, 2.75) is 6.92 Å². The number of hydrogen-bond donors (Lipinski definition) is 2. The molecule has 0 fully saturated rings. The van der Waals surface area contributed by atoms with Crippen molar-refractivity contribution in [2.24, 2.45) is 0 Å². The van der Waals surface area contributed by atoms with Gasteiger partial charge in [0.1, 0.15) is 0 Å². The number of anilines is 3. The van der Waals surface area contributed by atoms with Crippen LogP contribution in [0.2, 0.25) is 0 Å². The molecule has 0 unspecified atom stereocenters. The Kier molecular flexibility index (Phi) is 4.01. The van der Waals surface area contributed by atoms with E-state index in [1.165, 1.54) is 6.92 Å². The maximum Gasteiger partial charge on any atom is 0.235 e. The van der Waals surface area contributed by atoms with Crippen molar-refractivity contribution in [3.63, 3.8) is 0 Å². The molecule has 0 aliphatic rings. The Balaban J connectivity index is 2.45. The first kappa shape index (κ1) is 13.4. The summed E-state index contributed by atoms with van der Waals surface area (Å²) in [4.78, 5) is 15.3. The zero-order valence-electron chi connectivity index (χ0n) is 10.3. The van der Waals surface area contributed by atoms with E-state index in [2.05, 4.69) is 26.3 Å². The van der Waals surface area contributed by atoms with Gasteiger partial charge in [0.2, 0.25) is 5.91 Å². The molecule has 2 rings (SSSR count). The van der Waals surface area contributed by atoms with Gasteiger partial charge in [-0.05, 0) is 30.3 Å². The Morgan fingerprint density at radius 1 is 1.26 bits per heavy atom. The van der Waals surface area contributed by atoms with E-state index in [9.17, 15) is 4.79 Å². The molecule has 6 heteroatoms. The van der Waals surface area contributed by atoms with Gasteiger partial charge in [-0.3, -0.25) is 20.2 Å². The van der Waals surface area contributed by atoms with Crippen LogP contribution in [0.4, 0.5) is 17.1 Å². The average molecular weight is 321 g/mol. The number of hydrogen-bond acceptors (Lipinski definition) is 4. The molecular formula is C13H13BrN4O. The lowest BCUT2D eigenvalue weighted by molar-refractivity contribution is -0.118. The van der Waals surface area contributed by atoms with Crippen LogP contribution >= 0.6 is 15.9 Å². The topological polar surface area (TPSA) is 71.2 Å². The molecule has 3 N–H and O–H groups in total. The average Bonchev–Trinajstić information content (AvgIpc) is 2.35. The maximum absolute atomic E-state index is 11.4. The van der Waals surface area contributed by atoms with Gasteiger partial charge in [-0.25, -0.2) is 0 Å². The number of amides is 1. The number of nitrogens with two attached hydrogens (primary N) is 1. The summed E-state index contributed by atoms with van der Waals surface area (Å²) >= 11 is 3.39. The molecule has 5 nitrogen and oxygen atoms in total. The predicted octanol–water partition coefficient (Wildman–Crippen LogP) is 2.62. The van der Waals surface area contributed by atoms with E-state index >= 15 is 0 Å². The van der Waals surface area contributed by atoms with Gasteiger partial charge in [0.05, 0.1) is 11.4 Å². The van der Waals surface area contributed by atoms with Gasteiger partial charge in [0.25, 0.3) is 0 Å². The number of pyridine rings is 1. The number of carbonyl (C=O) groups excluding carboxylic acids is 1. The summed E-state index contributed by atoms with van der Waals surface area (Å²) in [5.41, 5.74) is 10.7. The number of benzene rings is 1. The third-order valence-electron chi connectivity index (χ3n) is 2.35. The Hall–Kier alpha value is -2.08. The van der Waals surface area contributed by atoms with E-state index < -0.39 is 0 Å². The van der Waals surface area contributed by atoms with E-state index in [1.807, 2.05) is 6.07 Å². The Labute approximate surface area is 119 Å². The highest BCUT2D eigenvalue weighted by atomic mass is 79.9. The second kappa shape index (κ2) is 5.71. The predicted molar refractivity (Wildman–Crippen MR) is 78.7 cm³/mol. The third kappa shape index (κ3) is 3.45. The Morgan fingerprint density at radius 3 is 2.53 bits per heavy atom. The van der Waals surface area contributed by atoms with Crippen molar-refractivity contribution < 1.29 is 4.79 Å². The van der Waals surface area contributed by atoms with Gasteiger partial charge < -0.3 is 5.73 Å². The number of halogens is 1. The number of nitrogens with zero attached hydrogens (tertiary/aromatic N) is 2. The molecule has 0 bridgehead atoms. The number of carbonyl (C=O) groups is 1. The zero-order chi connectivity index (χ0) is 13.8. The molecule has 0 saturated carbocycles. The largest absolute Gasteiger partial charge is 0.399 e. The Morgan fingerprint density at radius 2 is 1.95 bits per heavy atom. The van der Waals surface area contributed by atoms with E-state index in [1.54, 1.807) is 41.7 Å². The van der Waals surface area contributed by atoms with Crippen molar-refractivity contribution >= 4 is 38.9 Å². The number of rotatable bonds is 3. The highest BCUT2D eigenvalue weighted by molar-refractivity contribution is 9.10. The lowest BCUT2D eigenvalue weighted by atomic mass is 10.2. The van der Waals surface area contributed by atoms with Crippen LogP contribution in [0.5, 0.6) is 0 Å². The van der Waals surface area contributed by atoms with Gasteiger partial charge in [0.15, 0.2) is 0 Å². The van der Waals surface area contributed by atoms with Crippen LogP contribution in [0.3, 0.4) is 0 Å². The highest BCUT2D eigenvalue weighted by Crippen LogP contribution is 2.28. The fourth-order valence-electron chi connectivity index (χ4n) is 1.65. The summed E-state index contributed by atoms with van der Waals surface area (Å²) < 4.78 is 0.840. The van der Waals surface area contributed by atoms with E-state index in [0.29, 0.717) is 5.69 Å². The van der Waals surface area contributed by atoms with Crippen molar-refractivity contribution in [3.8, 4) is 0 Å². The fraction of sp³-hybridized carbons (Fsp3) is 0.0769. The second-order valence-electron chi connectivity index (χ2n) is 3.95. The van der Waals surface area contributed by atoms with Gasteiger partial charge >= 0.3 is 0 Å². The summed E-state index contributed by atoms with van der Waals surface area (Å²) in [6.45, 7) is 1.45. The summed E-state index contributed by atoms with van der Waals surface area (Å²) in [6.07, 6.45) is 3.32. The second-order valence-corrected chi connectivity index (χ2v) is 4.87. The summed E-state index contributed by atoms with van der Waals surface area (Å²) in [5, 5.41) is 1.66. The molecular weight excluding hydrogens is 308 g/mol. The minimum atomic E-state index is -0.171. The molecule has 1 amide bonds. The molecule has 0 saturated heterocycles. The monoisotopic (exact) mass is 320 g/mol. The minimum absolute atomic E-state index is 0.171. The van der Waals surface area contributed by atoms with E-state index in [0.717, 1.165) is 15.8 Å².